The minimum absolute atomic E-state index is 0.0283. The van der Waals surface area contributed by atoms with Gasteiger partial charge in [0.1, 0.15) is 5.75 Å². The highest BCUT2D eigenvalue weighted by molar-refractivity contribution is 5.99. The Kier molecular flexibility index (Phi) is 4.74. The first kappa shape index (κ1) is 15.3. The molecular weight excluding hydrogens is 246 g/mol. The minimum atomic E-state index is -1.04. The second kappa shape index (κ2) is 5.90. The van der Waals surface area contributed by atoms with Crippen molar-refractivity contribution in [3.8, 4) is 5.75 Å². The number of phenolic OH excluding ortho intramolecular Hbond substituents is 1. The molecular formula is C13H21N3O3. The number of aromatic hydroxyl groups is 1. The number of hydrogen-bond donors (Lipinski definition) is 4. The van der Waals surface area contributed by atoms with Gasteiger partial charge in [-0.3, -0.25) is 4.79 Å². The zero-order chi connectivity index (χ0) is 14.6. The van der Waals surface area contributed by atoms with Crippen LogP contribution in [0.2, 0.25) is 0 Å². The summed E-state index contributed by atoms with van der Waals surface area (Å²) in [5, 5.41) is 22.0. The molecule has 1 unspecified atom stereocenters. The fourth-order valence-corrected chi connectivity index (χ4v) is 1.84. The molecule has 0 bridgehead atoms. The highest BCUT2D eigenvalue weighted by Gasteiger charge is 2.22. The Hall–Kier alpha value is -1.79. The van der Waals surface area contributed by atoms with E-state index < -0.39 is 11.5 Å². The van der Waals surface area contributed by atoms with Crippen molar-refractivity contribution >= 4 is 11.6 Å². The summed E-state index contributed by atoms with van der Waals surface area (Å²) >= 11 is 0. The van der Waals surface area contributed by atoms with Crippen molar-refractivity contribution in [2.45, 2.75) is 12.5 Å². The zero-order valence-corrected chi connectivity index (χ0v) is 11.5. The fraction of sp³-hybridized carbons (Fsp3) is 0.462. The SMILES string of the molecule is CN(C)CC(C)(O)CNC(=O)c1cc(O)ccc1N. The van der Waals surface area contributed by atoms with Crippen LogP contribution in [0.15, 0.2) is 18.2 Å². The number of benzene rings is 1. The maximum atomic E-state index is 11.9. The lowest BCUT2D eigenvalue weighted by Crippen LogP contribution is -2.47. The van der Waals surface area contributed by atoms with E-state index in [-0.39, 0.29) is 23.5 Å². The number of nitrogens with two attached hydrogens (primary N) is 1. The van der Waals surface area contributed by atoms with Gasteiger partial charge >= 0.3 is 0 Å². The van der Waals surface area contributed by atoms with Gasteiger partial charge in [-0.15, -0.1) is 0 Å². The molecule has 1 amide bonds. The normalized spacial score (nSPS) is 14.2. The minimum Gasteiger partial charge on any atom is -0.508 e. The highest BCUT2D eigenvalue weighted by Crippen LogP contribution is 2.18. The van der Waals surface area contributed by atoms with Crippen molar-refractivity contribution in [2.75, 3.05) is 32.9 Å². The van der Waals surface area contributed by atoms with E-state index in [1.165, 1.54) is 18.2 Å². The first-order valence-corrected chi connectivity index (χ1v) is 5.95. The molecule has 6 heteroatoms. The molecule has 0 aliphatic heterocycles. The quantitative estimate of drug-likeness (QED) is 0.445. The number of aliphatic hydroxyl groups is 1. The van der Waals surface area contributed by atoms with E-state index in [1.807, 2.05) is 19.0 Å². The number of nitrogen functional groups attached to an aromatic ring is 1. The number of nitrogens with zero attached hydrogens (tertiary/aromatic N) is 1. The topological polar surface area (TPSA) is 98.8 Å². The maximum Gasteiger partial charge on any atom is 0.253 e. The molecule has 0 spiro atoms. The van der Waals surface area contributed by atoms with Gasteiger partial charge in [-0.2, -0.15) is 0 Å². The molecule has 0 radical (unpaired) electrons. The molecule has 0 aliphatic rings. The first-order valence-electron chi connectivity index (χ1n) is 5.95. The van der Waals surface area contributed by atoms with Gasteiger partial charge in [0.15, 0.2) is 0 Å². The predicted molar refractivity (Wildman–Crippen MR) is 74.0 cm³/mol. The van der Waals surface area contributed by atoms with Crippen LogP contribution in [0.3, 0.4) is 0 Å². The van der Waals surface area contributed by atoms with Crippen LogP contribution in [0.25, 0.3) is 0 Å². The maximum absolute atomic E-state index is 11.9. The summed E-state index contributed by atoms with van der Waals surface area (Å²) in [5.74, 6) is -0.452. The van der Waals surface area contributed by atoms with Gasteiger partial charge in [0.2, 0.25) is 0 Å². The molecule has 0 saturated carbocycles. The third kappa shape index (κ3) is 4.76. The van der Waals surface area contributed by atoms with Crippen LogP contribution in [-0.2, 0) is 0 Å². The van der Waals surface area contributed by atoms with Crippen molar-refractivity contribution in [1.82, 2.24) is 10.2 Å². The number of likely N-dealkylation sites (N-methyl/N-ethyl adjacent to an activating group) is 1. The van der Waals surface area contributed by atoms with Crippen LogP contribution in [0, 0.1) is 0 Å². The molecule has 106 valence electrons. The van der Waals surface area contributed by atoms with Crippen LogP contribution < -0.4 is 11.1 Å². The summed E-state index contributed by atoms with van der Waals surface area (Å²) in [6.45, 7) is 2.15. The second-order valence-corrected chi connectivity index (χ2v) is 5.19. The van der Waals surface area contributed by atoms with Crippen molar-refractivity contribution in [3.63, 3.8) is 0 Å². The number of carbonyl (C=O) groups is 1. The number of rotatable bonds is 5. The third-order valence-corrected chi connectivity index (χ3v) is 2.57. The lowest BCUT2D eigenvalue weighted by molar-refractivity contribution is 0.0326. The van der Waals surface area contributed by atoms with E-state index in [2.05, 4.69) is 5.32 Å². The van der Waals surface area contributed by atoms with Crippen LogP contribution in [0.4, 0.5) is 5.69 Å². The van der Waals surface area contributed by atoms with Gasteiger partial charge in [-0.25, -0.2) is 0 Å². The lowest BCUT2D eigenvalue weighted by Gasteiger charge is -2.27. The van der Waals surface area contributed by atoms with Crippen LogP contribution in [0.1, 0.15) is 17.3 Å². The number of anilines is 1. The monoisotopic (exact) mass is 267 g/mol. The fourth-order valence-electron chi connectivity index (χ4n) is 1.84. The molecule has 1 aromatic carbocycles. The molecule has 0 heterocycles. The van der Waals surface area contributed by atoms with Gasteiger partial charge in [0.25, 0.3) is 5.91 Å². The molecule has 0 saturated heterocycles. The number of phenols is 1. The Morgan fingerprint density at radius 1 is 1.47 bits per heavy atom. The summed E-state index contributed by atoms with van der Waals surface area (Å²) in [5.41, 5.74) is 5.11. The van der Waals surface area contributed by atoms with E-state index >= 15 is 0 Å². The molecule has 0 aromatic heterocycles. The summed E-state index contributed by atoms with van der Waals surface area (Å²) in [6, 6.07) is 4.17. The van der Waals surface area contributed by atoms with E-state index in [0.717, 1.165) is 0 Å². The van der Waals surface area contributed by atoms with E-state index in [9.17, 15) is 15.0 Å². The van der Waals surface area contributed by atoms with Crippen LogP contribution in [-0.4, -0.2) is 53.8 Å². The molecule has 0 aliphatic carbocycles. The second-order valence-electron chi connectivity index (χ2n) is 5.19. The van der Waals surface area contributed by atoms with Gasteiger partial charge in [0.05, 0.1) is 11.2 Å². The molecule has 1 rings (SSSR count). The van der Waals surface area contributed by atoms with Gasteiger partial charge in [0, 0.05) is 18.8 Å². The average molecular weight is 267 g/mol. The molecule has 1 atom stereocenters. The number of amides is 1. The van der Waals surface area contributed by atoms with Gasteiger partial charge < -0.3 is 26.2 Å². The van der Waals surface area contributed by atoms with Crippen LogP contribution in [0.5, 0.6) is 5.75 Å². The molecule has 0 fully saturated rings. The van der Waals surface area contributed by atoms with Crippen LogP contribution >= 0.6 is 0 Å². The van der Waals surface area contributed by atoms with Gasteiger partial charge in [-0.1, -0.05) is 0 Å². The Morgan fingerprint density at radius 3 is 2.68 bits per heavy atom. The summed E-state index contributed by atoms with van der Waals surface area (Å²) in [6.07, 6.45) is 0. The summed E-state index contributed by atoms with van der Waals surface area (Å²) in [7, 11) is 3.67. The molecule has 5 N–H and O–H groups in total. The van der Waals surface area contributed by atoms with E-state index in [1.54, 1.807) is 6.92 Å². The van der Waals surface area contributed by atoms with Crippen molar-refractivity contribution in [2.24, 2.45) is 0 Å². The number of hydrogen-bond acceptors (Lipinski definition) is 5. The Balaban J connectivity index is 2.68. The molecule has 6 nitrogen and oxygen atoms in total. The summed E-state index contributed by atoms with van der Waals surface area (Å²) < 4.78 is 0. The Morgan fingerprint density at radius 2 is 2.11 bits per heavy atom. The first-order chi connectivity index (χ1) is 8.71. The third-order valence-electron chi connectivity index (χ3n) is 2.57. The standard InChI is InChI=1S/C13H21N3O3/c1-13(19,8-16(2)3)7-15-12(18)10-6-9(17)4-5-11(10)14/h4-6,17,19H,7-8,14H2,1-3H3,(H,15,18). The smallest absolute Gasteiger partial charge is 0.253 e. The number of carbonyl (C=O) groups excluding carboxylic acids is 1. The van der Waals surface area contributed by atoms with Gasteiger partial charge in [-0.05, 0) is 39.2 Å². The Labute approximate surface area is 112 Å². The average Bonchev–Trinajstić information content (AvgIpc) is 2.27. The highest BCUT2D eigenvalue weighted by atomic mass is 16.3. The molecule has 19 heavy (non-hydrogen) atoms. The predicted octanol–water partition coefficient (Wildman–Crippen LogP) is 0.0168. The zero-order valence-electron chi connectivity index (χ0n) is 11.5. The largest absolute Gasteiger partial charge is 0.508 e. The van der Waals surface area contributed by atoms with Crippen molar-refractivity contribution < 1.29 is 15.0 Å². The Bertz CT molecular complexity index is 458. The molecule has 1 aromatic rings. The van der Waals surface area contributed by atoms with Crippen molar-refractivity contribution in [3.05, 3.63) is 23.8 Å². The van der Waals surface area contributed by atoms with Crippen molar-refractivity contribution in [1.29, 1.82) is 0 Å². The summed E-state index contributed by atoms with van der Waals surface area (Å²) in [4.78, 5) is 13.8. The number of nitrogens with one attached hydrogen (secondary N) is 1. The van der Waals surface area contributed by atoms with E-state index in [4.69, 9.17) is 5.73 Å². The van der Waals surface area contributed by atoms with E-state index in [0.29, 0.717) is 6.54 Å². The lowest BCUT2D eigenvalue weighted by atomic mass is 10.1.